The highest BCUT2D eigenvalue weighted by molar-refractivity contribution is 7.91. The summed E-state index contributed by atoms with van der Waals surface area (Å²) < 4.78 is 25.9. The minimum atomic E-state index is -3.01. The number of hydrogen-bond donors (Lipinski definition) is 1. The Labute approximate surface area is 205 Å². The van der Waals surface area contributed by atoms with Gasteiger partial charge in [-0.05, 0) is 38.9 Å². The minimum Gasteiger partial charge on any atom is -0.360 e. The second kappa shape index (κ2) is 9.09. The number of carbonyl (C=O) groups excluding carboxylic acids is 1. The molecule has 0 aliphatic carbocycles. The van der Waals surface area contributed by atoms with E-state index in [1.807, 2.05) is 80.2 Å². The monoisotopic (exact) mass is 490 g/mol. The molecule has 0 unspecified atom stereocenters. The number of carbonyl (C=O) groups is 1. The molecule has 8 heteroatoms. The minimum absolute atomic E-state index is 0.0285. The molecule has 0 spiro atoms. The Bertz CT molecular complexity index is 1490. The number of Topliss-reactive ketones (excluding diaryl/α,β-unsaturated/α-hetero) is 1. The Morgan fingerprint density at radius 3 is 2.57 bits per heavy atom. The van der Waals surface area contributed by atoms with E-state index < -0.39 is 15.9 Å². The molecule has 5 rings (SSSR count). The van der Waals surface area contributed by atoms with Gasteiger partial charge in [0.15, 0.2) is 15.6 Å². The second-order valence-electron chi connectivity index (χ2n) is 9.49. The third kappa shape index (κ3) is 4.44. The van der Waals surface area contributed by atoms with Crippen molar-refractivity contribution in [2.24, 2.45) is 0 Å². The summed E-state index contributed by atoms with van der Waals surface area (Å²) in [7, 11) is -1.05. The van der Waals surface area contributed by atoms with Crippen LogP contribution in [0.25, 0.3) is 10.9 Å². The van der Waals surface area contributed by atoms with Crippen LogP contribution in [0.5, 0.6) is 0 Å². The number of nitrogens with one attached hydrogen (secondary N) is 1. The maximum atomic E-state index is 14.0. The first-order chi connectivity index (χ1) is 16.7. The van der Waals surface area contributed by atoms with Crippen molar-refractivity contribution in [1.82, 2.24) is 19.7 Å². The van der Waals surface area contributed by atoms with E-state index in [-0.39, 0.29) is 23.3 Å². The summed E-state index contributed by atoms with van der Waals surface area (Å²) in [5.41, 5.74) is 5.39. The normalized spacial score (nSPS) is 18.3. The molecule has 4 aromatic rings. The number of hydrogen-bond acceptors (Lipinski definition) is 5. The predicted molar refractivity (Wildman–Crippen MR) is 137 cm³/mol. The molecule has 2 aromatic carbocycles. The summed E-state index contributed by atoms with van der Waals surface area (Å²) in [6.45, 7) is 4.47. The standard InChI is InChI=1S/C27H30N4O3S/c1-18-24(19(2)31(29-18)21-13-14-35(33,34)17-21)16-30(3)26(20-9-5-4-6-10-20)27(32)23-15-28-25-12-8-7-11-22(23)25/h4-12,15,21,26,28H,13-14,16-17H2,1-3H3/t21-,26-/m0/s1. The van der Waals surface area contributed by atoms with Crippen molar-refractivity contribution in [2.75, 3.05) is 18.6 Å². The molecule has 182 valence electrons. The fraction of sp³-hybridized carbons (Fsp3) is 0.333. The van der Waals surface area contributed by atoms with Gasteiger partial charge < -0.3 is 4.98 Å². The van der Waals surface area contributed by atoms with Crippen LogP contribution in [-0.4, -0.2) is 52.4 Å². The molecule has 0 amide bonds. The van der Waals surface area contributed by atoms with E-state index in [4.69, 9.17) is 5.10 Å². The van der Waals surface area contributed by atoms with E-state index in [2.05, 4.69) is 9.88 Å². The molecule has 1 aliphatic heterocycles. The first kappa shape index (κ1) is 23.5. The third-order valence-electron chi connectivity index (χ3n) is 7.10. The van der Waals surface area contributed by atoms with Gasteiger partial charge >= 0.3 is 0 Å². The van der Waals surface area contributed by atoms with Crippen molar-refractivity contribution >= 4 is 26.5 Å². The third-order valence-corrected chi connectivity index (χ3v) is 8.85. The van der Waals surface area contributed by atoms with Crippen LogP contribution >= 0.6 is 0 Å². The summed E-state index contributed by atoms with van der Waals surface area (Å²) in [5, 5.41) is 5.63. The molecule has 1 fully saturated rings. The van der Waals surface area contributed by atoms with Gasteiger partial charge in [0.1, 0.15) is 0 Å². The summed E-state index contributed by atoms with van der Waals surface area (Å²) in [5.74, 6) is 0.372. The number of H-pyrrole nitrogens is 1. The van der Waals surface area contributed by atoms with Crippen molar-refractivity contribution in [3.05, 3.63) is 88.9 Å². The number of likely N-dealkylation sites (N-methyl/N-ethyl adjacent to an activating group) is 1. The number of nitrogens with zero attached hydrogens (tertiary/aromatic N) is 3. The Morgan fingerprint density at radius 2 is 1.86 bits per heavy atom. The predicted octanol–water partition coefficient (Wildman–Crippen LogP) is 4.40. The van der Waals surface area contributed by atoms with Gasteiger partial charge in [-0.1, -0.05) is 48.5 Å². The largest absolute Gasteiger partial charge is 0.360 e. The van der Waals surface area contributed by atoms with E-state index in [0.717, 1.165) is 33.4 Å². The molecule has 35 heavy (non-hydrogen) atoms. The van der Waals surface area contributed by atoms with E-state index in [1.165, 1.54) is 0 Å². The van der Waals surface area contributed by atoms with Gasteiger partial charge in [0.25, 0.3) is 0 Å². The van der Waals surface area contributed by atoms with E-state index in [0.29, 0.717) is 18.5 Å². The highest BCUT2D eigenvalue weighted by atomic mass is 32.2. The highest BCUT2D eigenvalue weighted by Gasteiger charge is 2.33. The molecule has 0 saturated carbocycles. The average Bonchev–Trinajstić information content (AvgIpc) is 3.51. The maximum absolute atomic E-state index is 14.0. The fourth-order valence-electron chi connectivity index (χ4n) is 5.25. The van der Waals surface area contributed by atoms with Gasteiger partial charge in [-0.25, -0.2) is 8.42 Å². The van der Waals surface area contributed by atoms with Gasteiger partial charge in [0.2, 0.25) is 0 Å². The van der Waals surface area contributed by atoms with Crippen molar-refractivity contribution in [3.8, 4) is 0 Å². The summed E-state index contributed by atoms with van der Waals surface area (Å²) >= 11 is 0. The van der Waals surface area contributed by atoms with Crippen LogP contribution < -0.4 is 0 Å². The second-order valence-corrected chi connectivity index (χ2v) is 11.7. The van der Waals surface area contributed by atoms with Crippen LogP contribution in [0, 0.1) is 13.8 Å². The van der Waals surface area contributed by atoms with Crippen LogP contribution in [-0.2, 0) is 16.4 Å². The number of benzene rings is 2. The van der Waals surface area contributed by atoms with Gasteiger partial charge in [0, 0.05) is 40.5 Å². The van der Waals surface area contributed by atoms with E-state index in [9.17, 15) is 13.2 Å². The number of sulfone groups is 1. The van der Waals surface area contributed by atoms with Crippen LogP contribution in [0.2, 0.25) is 0 Å². The number of ketones is 1. The Kier molecular flexibility index (Phi) is 6.11. The SMILES string of the molecule is Cc1nn([C@H]2CCS(=O)(=O)C2)c(C)c1CN(C)[C@H](C(=O)c1c[nH]c2ccccc12)c1ccccc1. The number of rotatable bonds is 7. The molecule has 1 N–H and O–H groups in total. The molecule has 1 saturated heterocycles. The molecule has 0 bridgehead atoms. The van der Waals surface area contributed by atoms with Crippen LogP contribution in [0.1, 0.15) is 51.4 Å². The lowest BCUT2D eigenvalue weighted by Crippen LogP contribution is -2.31. The zero-order chi connectivity index (χ0) is 24.7. The van der Waals surface area contributed by atoms with Crippen LogP contribution in [0.3, 0.4) is 0 Å². The first-order valence-electron chi connectivity index (χ1n) is 11.9. The Morgan fingerprint density at radius 1 is 1.14 bits per heavy atom. The zero-order valence-corrected chi connectivity index (χ0v) is 21.0. The van der Waals surface area contributed by atoms with Crippen molar-refractivity contribution < 1.29 is 13.2 Å². The Balaban J connectivity index is 1.49. The lowest BCUT2D eigenvalue weighted by atomic mass is 9.95. The number of aromatic nitrogens is 3. The molecular weight excluding hydrogens is 460 g/mol. The summed E-state index contributed by atoms with van der Waals surface area (Å²) in [6, 6.07) is 17.0. The molecule has 0 radical (unpaired) electrons. The van der Waals surface area contributed by atoms with Crippen LogP contribution in [0.4, 0.5) is 0 Å². The summed E-state index contributed by atoms with van der Waals surface area (Å²) in [4.78, 5) is 19.2. The topological polar surface area (TPSA) is 88.1 Å². The molecule has 7 nitrogen and oxygen atoms in total. The highest BCUT2D eigenvalue weighted by Crippen LogP contribution is 2.31. The molecule has 2 atom stereocenters. The first-order valence-corrected chi connectivity index (χ1v) is 13.7. The van der Waals surface area contributed by atoms with Crippen molar-refractivity contribution in [3.63, 3.8) is 0 Å². The molecular formula is C27H30N4O3S. The number of fused-ring (bicyclic) bond motifs is 1. The lowest BCUT2D eigenvalue weighted by molar-refractivity contribution is 0.0844. The van der Waals surface area contributed by atoms with Crippen molar-refractivity contribution in [2.45, 2.75) is 38.9 Å². The number of para-hydroxylation sites is 1. The quantitative estimate of drug-likeness (QED) is 0.388. The lowest BCUT2D eigenvalue weighted by Gasteiger charge is -2.27. The molecule has 1 aliphatic rings. The van der Waals surface area contributed by atoms with E-state index in [1.54, 1.807) is 6.20 Å². The van der Waals surface area contributed by atoms with Crippen LogP contribution in [0.15, 0.2) is 60.8 Å². The van der Waals surface area contributed by atoms with Gasteiger partial charge in [-0.3, -0.25) is 14.4 Å². The smallest absolute Gasteiger partial charge is 0.186 e. The number of aryl methyl sites for hydroxylation is 1. The van der Waals surface area contributed by atoms with Crippen molar-refractivity contribution in [1.29, 1.82) is 0 Å². The van der Waals surface area contributed by atoms with Gasteiger partial charge in [-0.2, -0.15) is 5.10 Å². The Hall–Kier alpha value is -3.23. The molecule has 3 heterocycles. The zero-order valence-electron chi connectivity index (χ0n) is 20.2. The molecule has 2 aromatic heterocycles. The average molecular weight is 491 g/mol. The van der Waals surface area contributed by atoms with Gasteiger partial charge in [-0.15, -0.1) is 0 Å². The van der Waals surface area contributed by atoms with Gasteiger partial charge in [0.05, 0.1) is 29.3 Å². The summed E-state index contributed by atoms with van der Waals surface area (Å²) in [6.07, 6.45) is 2.39. The van der Waals surface area contributed by atoms with E-state index >= 15 is 0 Å². The fourth-order valence-corrected chi connectivity index (χ4v) is 6.95. The number of aromatic amines is 1. The maximum Gasteiger partial charge on any atom is 0.186 e.